The molecule has 2 nitrogen and oxygen atoms in total. The maximum Gasteiger partial charge on any atom is 0.0589 e. The van der Waals surface area contributed by atoms with Crippen LogP contribution >= 0.6 is 11.6 Å². The molecule has 1 aromatic carbocycles. The van der Waals surface area contributed by atoms with Gasteiger partial charge in [-0.1, -0.05) is 24.9 Å². The van der Waals surface area contributed by atoms with E-state index >= 15 is 0 Å². The van der Waals surface area contributed by atoms with Gasteiger partial charge in [-0.05, 0) is 31.0 Å². The van der Waals surface area contributed by atoms with Crippen molar-refractivity contribution in [2.45, 2.75) is 26.7 Å². The van der Waals surface area contributed by atoms with Gasteiger partial charge >= 0.3 is 0 Å². The summed E-state index contributed by atoms with van der Waals surface area (Å²) in [7, 11) is 0. The SMILES string of the molecule is CCCCNc1cc(Cl)c(C)cc1N. The van der Waals surface area contributed by atoms with Crippen LogP contribution in [0.15, 0.2) is 12.1 Å². The lowest BCUT2D eigenvalue weighted by Gasteiger charge is -2.10. The van der Waals surface area contributed by atoms with Crippen LogP contribution in [0, 0.1) is 6.92 Å². The summed E-state index contributed by atoms with van der Waals surface area (Å²) in [5.74, 6) is 0. The van der Waals surface area contributed by atoms with Crippen LogP contribution in [0.2, 0.25) is 5.02 Å². The lowest BCUT2D eigenvalue weighted by molar-refractivity contribution is 0.834. The van der Waals surface area contributed by atoms with E-state index in [4.69, 9.17) is 17.3 Å². The number of hydrogen-bond acceptors (Lipinski definition) is 2. The average molecular weight is 213 g/mol. The molecule has 0 aliphatic carbocycles. The van der Waals surface area contributed by atoms with E-state index in [1.807, 2.05) is 19.1 Å². The van der Waals surface area contributed by atoms with Crippen molar-refractivity contribution in [3.05, 3.63) is 22.7 Å². The maximum absolute atomic E-state index is 6.00. The summed E-state index contributed by atoms with van der Waals surface area (Å²) in [5.41, 5.74) is 8.58. The number of nitrogens with one attached hydrogen (secondary N) is 1. The molecular weight excluding hydrogens is 196 g/mol. The molecule has 0 radical (unpaired) electrons. The monoisotopic (exact) mass is 212 g/mol. The maximum atomic E-state index is 6.00. The van der Waals surface area contributed by atoms with Gasteiger partial charge < -0.3 is 11.1 Å². The minimum atomic E-state index is 0.762. The second-order valence-electron chi connectivity index (χ2n) is 3.47. The molecule has 0 aromatic heterocycles. The fourth-order valence-corrected chi connectivity index (χ4v) is 1.42. The van der Waals surface area contributed by atoms with E-state index in [0.717, 1.165) is 34.9 Å². The number of nitrogens with two attached hydrogens (primary N) is 1. The van der Waals surface area contributed by atoms with Gasteiger partial charge in [-0.2, -0.15) is 0 Å². The smallest absolute Gasteiger partial charge is 0.0589 e. The molecular formula is C11H17ClN2. The Morgan fingerprint density at radius 2 is 2.14 bits per heavy atom. The summed E-state index contributed by atoms with van der Waals surface area (Å²) in [6.45, 7) is 5.06. The molecule has 0 spiro atoms. The first kappa shape index (κ1) is 11.2. The van der Waals surface area contributed by atoms with Crippen LogP contribution in [0.3, 0.4) is 0 Å². The molecule has 3 heteroatoms. The van der Waals surface area contributed by atoms with Gasteiger partial charge in [-0.15, -0.1) is 0 Å². The van der Waals surface area contributed by atoms with E-state index in [1.54, 1.807) is 0 Å². The third-order valence-electron chi connectivity index (χ3n) is 2.18. The van der Waals surface area contributed by atoms with Crippen molar-refractivity contribution in [1.82, 2.24) is 0 Å². The highest BCUT2D eigenvalue weighted by atomic mass is 35.5. The van der Waals surface area contributed by atoms with Crippen molar-refractivity contribution in [3.63, 3.8) is 0 Å². The van der Waals surface area contributed by atoms with Crippen LogP contribution in [0.4, 0.5) is 11.4 Å². The van der Waals surface area contributed by atoms with Gasteiger partial charge in [0.25, 0.3) is 0 Å². The summed E-state index contributed by atoms with van der Waals surface area (Å²) in [4.78, 5) is 0. The number of halogens is 1. The minimum Gasteiger partial charge on any atom is -0.397 e. The zero-order chi connectivity index (χ0) is 10.6. The second-order valence-corrected chi connectivity index (χ2v) is 3.88. The first-order chi connectivity index (χ1) is 6.65. The zero-order valence-corrected chi connectivity index (χ0v) is 9.49. The summed E-state index contributed by atoms with van der Waals surface area (Å²) in [6.07, 6.45) is 2.32. The third-order valence-corrected chi connectivity index (χ3v) is 2.58. The molecule has 0 saturated carbocycles. The molecule has 0 amide bonds. The Morgan fingerprint density at radius 1 is 1.43 bits per heavy atom. The van der Waals surface area contributed by atoms with Crippen molar-refractivity contribution in [1.29, 1.82) is 0 Å². The van der Waals surface area contributed by atoms with Crippen molar-refractivity contribution in [2.24, 2.45) is 0 Å². The molecule has 0 heterocycles. The lowest BCUT2D eigenvalue weighted by atomic mass is 10.2. The molecule has 0 saturated heterocycles. The highest BCUT2D eigenvalue weighted by Crippen LogP contribution is 2.26. The fraction of sp³-hybridized carbons (Fsp3) is 0.455. The van der Waals surface area contributed by atoms with E-state index in [2.05, 4.69) is 12.2 Å². The highest BCUT2D eigenvalue weighted by Gasteiger charge is 2.02. The summed E-state index contributed by atoms with van der Waals surface area (Å²) in [6, 6.07) is 3.79. The average Bonchev–Trinajstić information content (AvgIpc) is 2.14. The van der Waals surface area contributed by atoms with Crippen molar-refractivity contribution >= 4 is 23.0 Å². The number of nitrogen functional groups attached to an aromatic ring is 1. The Kier molecular flexibility index (Phi) is 4.08. The van der Waals surface area contributed by atoms with Gasteiger partial charge in [0.2, 0.25) is 0 Å². The summed E-state index contributed by atoms with van der Waals surface area (Å²) in [5, 5.41) is 4.03. The Hall–Kier alpha value is -0.890. The van der Waals surface area contributed by atoms with E-state index in [-0.39, 0.29) is 0 Å². The second kappa shape index (κ2) is 5.11. The van der Waals surface area contributed by atoms with Crippen LogP contribution in [0.25, 0.3) is 0 Å². The lowest BCUT2D eigenvalue weighted by Crippen LogP contribution is -2.04. The number of hydrogen-bond donors (Lipinski definition) is 2. The topological polar surface area (TPSA) is 38.0 Å². The van der Waals surface area contributed by atoms with E-state index in [1.165, 1.54) is 6.42 Å². The standard InChI is InChI=1S/C11H17ClN2/c1-3-4-5-14-11-7-9(12)8(2)6-10(11)13/h6-7,14H,3-5,13H2,1-2H3. The normalized spacial score (nSPS) is 10.2. The molecule has 3 N–H and O–H groups in total. The molecule has 0 unspecified atom stereocenters. The molecule has 1 rings (SSSR count). The van der Waals surface area contributed by atoms with Gasteiger partial charge in [0.1, 0.15) is 0 Å². The number of rotatable bonds is 4. The predicted octanol–water partition coefficient (Wildman–Crippen LogP) is 3.44. The van der Waals surface area contributed by atoms with Crippen LogP contribution in [0.5, 0.6) is 0 Å². The Bertz CT molecular complexity index is 310. The molecule has 78 valence electrons. The number of anilines is 2. The first-order valence-corrected chi connectivity index (χ1v) is 5.32. The number of unbranched alkanes of at least 4 members (excludes halogenated alkanes) is 1. The minimum absolute atomic E-state index is 0.762. The molecule has 14 heavy (non-hydrogen) atoms. The van der Waals surface area contributed by atoms with E-state index in [9.17, 15) is 0 Å². The summed E-state index contributed by atoms with van der Waals surface area (Å²) >= 11 is 6.00. The van der Waals surface area contributed by atoms with Crippen LogP contribution in [0.1, 0.15) is 25.3 Å². The molecule has 0 aliphatic rings. The van der Waals surface area contributed by atoms with E-state index in [0.29, 0.717) is 0 Å². The molecule has 0 atom stereocenters. The van der Waals surface area contributed by atoms with Crippen LogP contribution < -0.4 is 11.1 Å². The van der Waals surface area contributed by atoms with Gasteiger partial charge in [0, 0.05) is 11.6 Å². The van der Waals surface area contributed by atoms with Crippen molar-refractivity contribution in [2.75, 3.05) is 17.6 Å². The first-order valence-electron chi connectivity index (χ1n) is 4.94. The van der Waals surface area contributed by atoms with Crippen molar-refractivity contribution < 1.29 is 0 Å². The molecule has 0 aliphatic heterocycles. The van der Waals surface area contributed by atoms with Gasteiger partial charge in [-0.25, -0.2) is 0 Å². The largest absolute Gasteiger partial charge is 0.397 e. The quantitative estimate of drug-likeness (QED) is 0.593. The molecule has 1 aromatic rings. The summed E-state index contributed by atoms with van der Waals surface area (Å²) < 4.78 is 0. The Labute approximate surface area is 90.4 Å². The van der Waals surface area contributed by atoms with Gasteiger partial charge in [0.05, 0.1) is 11.4 Å². The third kappa shape index (κ3) is 2.81. The van der Waals surface area contributed by atoms with Crippen molar-refractivity contribution in [3.8, 4) is 0 Å². The molecule has 0 fully saturated rings. The van der Waals surface area contributed by atoms with Gasteiger partial charge in [-0.3, -0.25) is 0 Å². The molecule has 0 bridgehead atoms. The number of aryl methyl sites for hydroxylation is 1. The number of benzene rings is 1. The van der Waals surface area contributed by atoms with Crippen LogP contribution in [-0.2, 0) is 0 Å². The fourth-order valence-electron chi connectivity index (χ4n) is 1.26. The Morgan fingerprint density at radius 3 is 2.79 bits per heavy atom. The Balaban J connectivity index is 2.72. The van der Waals surface area contributed by atoms with E-state index < -0.39 is 0 Å². The van der Waals surface area contributed by atoms with Crippen LogP contribution in [-0.4, -0.2) is 6.54 Å². The zero-order valence-electron chi connectivity index (χ0n) is 8.73. The van der Waals surface area contributed by atoms with Gasteiger partial charge in [0.15, 0.2) is 0 Å². The highest BCUT2D eigenvalue weighted by molar-refractivity contribution is 6.31. The predicted molar refractivity (Wildman–Crippen MR) is 64.0 cm³/mol.